The molecule has 1 heterocycles. The highest BCUT2D eigenvalue weighted by Gasteiger charge is 2.34. The van der Waals surface area contributed by atoms with Crippen molar-refractivity contribution in [3.05, 3.63) is 29.6 Å². The molecule has 16 heavy (non-hydrogen) atoms. The van der Waals surface area contributed by atoms with Gasteiger partial charge >= 0.3 is 0 Å². The van der Waals surface area contributed by atoms with Crippen molar-refractivity contribution in [2.24, 2.45) is 11.1 Å². The van der Waals surface area contributed by atoms with Crippen LogP contribution in [0.25, 0.3) is 0 Å². The average Bonchev–Trinajstić information content (AvgIpc) is 2.15. The van der Waals surface area contributed by atoms with Gasteiger partial charge in [0.15, 0.2) is 0 Å². The predicted octanol–water partition coefficient (Wildman–Crippen LogP) is 3.02. The third kappa shape index (κ3) is 2.05. The van der Waals surface area contributed by atoms with Gasteiger partial charge in [0.05, 0.1) is 0 Å². The maximum atomic E-state index is 13.1. The summed E-state index contributed by atoms with van der Waals surface area (Å²) in [4.78, 5) is 0. The van der Waals surface area contributed by atoms with Crippen LogP contribution in [0.4, 0.5) is 4.39 Å². The van der Waals surface area contributed by atoms with Gasteiger partial charge in [-0.2, -0.15) is 0 Å². The molecule has 0 spiro atoms. The molecule has 0 saturated heterocycles. The molecule has 2 rings (SSSR count). The summed E-state index contributed by atoms with van der Waals surface area (Å²) in [6.45, 7) is 6.32. The molecule has 0 aliphatic carbocycles. The number of halogens is 1. The summed E-state index contributed by atoms with van der Waals surface area (Å²) in [6.07, 6.45) is 0.819. The predicted molar refractivity (Wildman–Crippen MR) is 61.8 cm³/mol. The normalized spacial score (nSPS) is 24.8. The second-order valence-corrected chi connectivity index (χ2v) is 5.50. The lowest BCUT2D eigenvalue weighted by molar-refractivity contribution is 0.0577. The Kier molecular flexibility index (Phi) is 2.66. The molecule has 1 aliphatic heterocycles. The molecule has 0 aromatic heterocycles. The van der Waals surface area contributed by atoms with Crippen LogP contribution in [0, 0.1) is 11.2 Å². The van der Waals surface area contributed by atoms with Crippen molar-refractivity contribution < 1.29 is 9.13 Å². The molecule has 0 saturated carbocycles. The van der Waals surface area contributed by atoms with Crippen LogP contribution in [0.2, 0.25) is 0 Å². The van der Waals surface area contributed by atoms with Crippen LogP contribution >= 0.6 is 0 Å². The summed E-state index contributed by atoms with van der Waals surface area (Å²) in [5.41, 5.74) is 7.00. The standard InChI is InChI=1S/C13H18FNO/c1-13(2,3)12-7-10(15)9-5-4-8(14)6-11(9)16-12/h4-6,10,12H,7,15H2,1-3H3/t10-,12?/m0/s1. The fourth-order valence-electron chi connectivity index (χ4n) is 2.01. The Labute approximate surface area is 95.6 Å². The highest BCUT2D eigenvalue weighted by molar-refractivity contribution is 5.38. The topological polar surface area (TPSA) is 35.2 Å². The van der Waals surface area contributed by atoms with Gasteiger partial charge in [-0.1, -0.05) is 26.8 Å². The first-order valence-corrected chi connectivity index (χ1v) is 5.59. The van der Waals surface area contributed by atoms with Crippen molar-refractivity contribution in [2.45, 2.75) is 39.3 Å². The number of ether oxygens (including phenoxy) is 1. The molecule has 1 aromatic rings. The average molecular weight is 223 g/mol. The largest absolute Gasteiger partial charge is 0.489 e. The van der Waals surface area contributed by atoms with E-state index in [1.807, 2.05) is 0 Å². The van der Waals surface area contributed by atoms with Crippen LogP contribution in [-0.4, -0.2) is 6.10 Å². The molecule has 0 bridgehead atoms. The summed E-state index contributed by atoms with van der Waals surface area (Å²) in [6, 6.07) is 4.51. The van der Waals surface area contributed by atoms with E-state index >= 15 is 0 Å². The highest BCUT2D eigenvalue weighted by atomic mass is 19.1. The van der Waals surface area contributed by atoms with Crippen molar-refractivity contribution >= 4 is 0 Å². The van der Waals surface area contributed by atoms with Gasteiger partial charge in [0.1, 0.15) is 17.7 Å². The van der Waals surface area contributed by atoms with Crippen molar-refractivity contribution in [3.8, 4) is 5.75 Å². The molecule has 88 valence electrons. The third-order valence-corrected chi connectivity index (χ3v) is 3.08. The lowest BCUT2D eigenvalue weighted by Gasteiger charge is -2.37. The molecule has 1 unspecified atom stereocenters. The van der Waals surface area contributed by atoms with Gasteiger partial charge in [-0.05, 0) is 11.5 Å². The van der Waals surface area contributed by atoms with Crippen LogP contribution in [0.5, 0.6) is 5.75 Å². The highest BCUT2D eigenvalue weighted by Crippen LogP contribution is 2.39. The lowest BCUT2D eigenvalue weighted by atomic mass is 9.82. The summed E-state index contributed by atoms with van der Waals surface area (Å²) in [5, 5.41) is 0. The second-order valence-electron chi connectivity index (χ2n) is 5.50. The molecule has 0 fully saturated rings. The van der Waals surface area contributed by atoms with Gasteiger partial charge in [0, 0.05) is 24.1 Å². The number of rotatable bonds is 0. The van der Waals surface area contributed by atoms with Crippen molar-refractivity contribution in [2.75, 3.05) is 0 Å². The van der Waals surface area contributed by atoms with Gasteiger partial charge in [-0.25, -0.2) is 4.39 Å². The fraction of sp³-hybridized carbons (Fsp3) is 0.538. The summed E-state index contributed by atoms with van der Waals surface area (Å²) in [5.74, 6) is 0.319. The van der Waals surface area contributed by atoms with E-state index in [0.717, 1.165) is 12.0 Å². The summed E-state index contributed by atoms with van der Waals surface area (Å²) >= 11 is 0. The van der Waals surface area contributed by atoms with Gasteiger partial charge in [0.25, 0.3) is 0 Å². The van der Waals surface area contributed by atoms with Crippen molar-refractivity contribution in [1.29, 1.82) is 0 Å². The Hall–Kier alpha value is -1.09. The minimum atomic E-state index is -0.277. The molecule has 2 nitrogen and oxygen atoms in total. The number of hydrogen-bond donors (Lipinski definition) is 1. The fourth-order valence-corrected chi connectivity index (χ4v) is 2.01. The Bertz CT molecular complexity index is 397. The van der Waals surface area contributed by atoms with Gasteiger partial charge in [-0.15, -0.1) is 0 Å². The molecular weight excluding hydrogens is 205 g/mol. The zero-order chi connectivity index (χ0) is 11.9. The molecule has 2 atom stereocenters. The third-order valence-electron chi connectivity index (χ3n) is 3.08. The van der Waals surface area contributed by atoms with E-state index in [4.69, 9.17) is 10.5 Å². The Balaban J connectivity index is 2.35. The second kappa shape index (κ2) is 3.74. The van der Waals surface area contributed by atoms with Crippen LogP contribution in [0.1, 0.15) is 38.8 Å². The smallest absolute Gasteiger partial charge is 0.127 e. The van der Waals surface area contributed by atoms with Gasteiger partial charge in [-0.3, -0.25) is 0 Å². The molecule has 1 aromatic carbocycles. The number of fused-ring (bicyclic) bond motifs is 1. The summed E-state index contributed by atoms with van der Waals surface area (Å²) < 4.78 is 19.0. The monoisotopic (exact) mass is 223 g/mol. The van der Waals surface area contributed by atoms with E-state index in [-0.39, 0.29) is 23.4 Å². The van der Waals surface area contributed by atoms with Gasteiger partial charge in [0.2, 0.25) is 0 Å². The first kappa shape index (κ1) is 11.4. The molecular formula is C13H18FNO. The molecule has 3 heteroatoms. The SMILES string of the molecule is CC(C)(C)C1C[C@H](N)c2ccc(F)cc2O1. The Morgan fingerprint density at radius 1 is 1.38 bits per heavy atom. The van der Waals surface area contributed by atoms with Gasteiger partial charge < -0.3 is 10.5 Å². The first-order valence-electron chi connectivity index (χ1n) is 5.59. The lowest BCUT2D eigenvalue weighted by Crippen LogP contribution is -2.38. The number of benzene rings is 1. The first-order chi connectivity index (χ1) is 7.38. The maximum absolute atomic E-state index is 13.1. The zero-order valence-electron chi connectivity index (χ0n) is 9.96. The Morgan fingerprint density at radius 2 is 2.06 bits per heavy atom. The van der Waals surface area contributed by atoms with Crippen LogP contribution < -0.4 is 10.5 Å². The van der Waals surface area contributed by atoms with Crippen LogP contribution in [-0.2, 0) is 0 Å². The minimum Gasteiger partial charge on any atom is -0.489 e. The van der Waals surface area contributed by atoms with E-state index in [0.29, 0.717) is 5.75 Å². The summed E-state index contributed by atoms with van der Waals surface area (Å²) in [7, 11) is 0. The zero-order valence-corrected chi connectivity index (χ0v) is 9.96. The van der Waals surface area contributed by atoms with E-state index < -0.39 is 0 Å². The molecule has 1 aliphatic rings. The van der Waals surface area contributed by atoms with E-state index in [1.54, 1.807) is 6.07 Å². The van der Waals surface area contributed by atoms with E-state index in [2.05, 4.69) is 20.8 Å². The van der Waals surface area contributed by atoms with Crippen LogP contribution in [0.15, 0.2) is 18.2 Å². The number of hydrogen-bond acceptors (Lipinski definition) is 2. The molecule has 0 radical (unpaired) electrons. The number of nitrogens with two attached hydrogens (primary N) is 1. The van der Waals surface area contributed by atoms with E-state index in [9.17, 15) is 4.39 Å². The van der Waals surface area contributed by atoms with E-state index in [1.165, 1.54) is 12.1 Å². The quantitative estimate of drug-likeness (QED) is 0.733. The molecule has 2 N–H and O–H groups in total. The van der Waals surface area contributed by atoms with Crippen molar-refractivity contribution in [3.63, 3.8) is 0 Å². The minimum absolute atomic E-state index is 0.0155. The van der Waals surface area contributed by atoms with Crippen LogP contribution in [0.3, 0.4) is 0 Å². The van der Waals surface area contributed by atoms with Crippen molar-refractivity contribution in [1.82, 2.24) is 0 Å². The maximum Gasteiger partial charge on any atom is 0.127 e. The molecule has 0 amide bonds. The Morgan fingerprint density at radius 3 is 2.69 bits per heavy atom.